The summed E-state index contributed by atoms with van der Waals surface area (Å²) in [7, 11) is 1.61. The number of nitrogens with zero attached hydrogens (tertiary/aromatic N) is 3. The maximum atomic E-state index is 13.1. The van der Waals surface area contributed by atoms with Crippen LogP contribution in [0, 0.1) is 5.82 Å². The van der Waals surface area contributed by atoms with Crippen LogP contribution in [0.3, 0.4) is 0 Å². The highest BCUT2D eigenvalue weighted by Crippen LogP contribution is 2.17. The van der Waals surface area contributed by atoms with Crippen LogP contribution in [0.5, 0.6) is 0 Å². The van der Waals surface area contributed by atoms with Crippen LogP contribution in [-0.2, 0) is 6.54 Å². The molecule has 27 heavy (non-hydrogen) atoms. The molecule has 0 aliphatic carbocycles. The number of carbonyl (C=O) groups excluding carboxylic acids is 1. The lowest BCUT2D eigenvalue weighted by Gasteiger charge is -2.36. The number of amides is 1. The second-order valence-corrected chi connectivity index (χ2v) is 6.40. The van der Waals surface area contributed by atoms with E-state index in [0.717, 1.165) is 37.4 Å². The van der Waals surface area contributed by atoms with Crippen LogP contribution < -0.4 is 16.0 Å². The van der Waals surface area contributed by atoms with Crippen molar-refractivity contribution in [1.29, 1.82) is 0 Å². The summed E-state index contributed by atoms with van der Waals surface area (Å²) in [5.74, 6) is 0.152. The zero-order valence-electron chi connectivity index (χ0n) is 15.4. The van der Waals surface area contributed by atoms with Crippen LogP contribution in [0.2, 0.25) is 0 Å². The van der Waals surface area contributed by atoms with Gasteiger partial charge in [-0.15, -0.1) is 0 Å². The molecule has 142 valence electrons. The quantitative estimate of drug-likeness (QED) is 0.637. The van der Waals surface area contributed by atoms with Crippen molar-refractivity contribution in [3.8, 4) is 0 Å². The van der Waals surface area contributed by atoms with E-state index in [0.29, 0.717) is 18.1 Å². The predicted molar refractivity (Wildman–Crippen MR) is 105 cm³/mol. The summed E-state index contributed by atoms with van der Waals surface area (Å²) in [6.45, 7) is 3.53. The molecule has 0 saturated carbocycles. The van der Waals surface area contributed by atoms with Crippen LogP contribution >= 0.6 is 0 Å². The standard InChI is InChI=1S/C20H24FN5O/c1-23-19(27)16-4-2-3-15(13-16)14-24-20(22)26-11-9-25(10-12-26)18-7-5-17(21)6-8-18/h2-8,13H,9-12,14H2,1H3,(H2,22,24)(H,23,27). The molecule has 0 spiro atoms. The molecular formula is C20H24FN5O. The van der Waals surface area contributed by atoms with E-state index in [2.05, 4.69) is 15.2 Å². The van der Waals surface area contributed by atoms with Crippen molar-refractivity contribution in [3.05, 3.63) is 65.5 Å². The third-order valence-corrected chi connectivity index (χ3v) is 4.64. The molecule has 0 atom stereocenters. The molecule has 0 radical (unpaired) electrons. The lowest BCUT2D eigenvalue weighted by atomic mass is 10.1. The zero-order valence-corrected chi connectivity index (χ0v) is 15.4. The summed E-state index contributed by atoms with van der Waals surface area (Å²) in [4.78, 5) is 20.4. The predicted octanol–water partition coefficient (Wildman–Crippen LogP) is 1.82. The molecule has 6 nitrogen and oxygen atoms in total. The molecule has 0 aromatic heterocycles. The Labute approximate surface area is 158 Å². The molecular weight excluding hydrogens is 345 g/mol. The lowest BCUT2D eigenvalue weighted by molar-refractivity contribution is 0.0963. The van der Waals surface area contributed by atoms with E-state index >= 15 is 0 Å². The molecule has 1 amide bonds. The number of aliphatic imine (C=N–C) groups is 1. The monoisotopic (exact) mass is 369 g/mol. The SMILES string of the molecule is CNC(=O)c1cccc(CN=C(N)N2CCN(c3ccc(F)cc3)CC2)c1. The Kier molecular flexibility index (Phi) is 5.90. The first kappa shape index (κ1) is 18.7. The van der Waals surface area contributed by atoms with Crippen LogP contribution in [0.4, 0.5) is 10.1 Å². The second kappa shape index (κ2) is 8.53. The largest absolute Gasteiger partial charge is 0.370 e. The fourth-order valence-electron chi connectivity index (χ4n) is 3.07. The van der Waals surface area contributed by atoms with Crippen molar-refractivity contribution in [3.63, 3.8) is 0 Å². The van der Waals surface area contributed by atoms with Crippen molar-refractivity contribution in [2.45, 2.75) is 6.54 Å². The Bertz CT molecular complexity index is 813. The van der Waals surface area contributed by atoms with Gasteiger partial charge in [0.15, 0.2) is 5.96 Å². The van der Waals surface area contributed by atoms with Crippen LogP contribution in [0.25, 0.3) is 0 Å². The first-order valence-corrected chi connectivity index (χ1v) is 8.93. The van der Waals surface area contributed by atoms with Crippen LogP contribution in [0.15, 0.2) is 53.5 Å². The van der Waals surface area contributed by atoms with E-state index in [1.54, 1.807) is 25.2 Å². The van der Waals surface area contributed by atoms with Gasteiger partial charge >= 0.3 is 0 Å². The zero-order chi connectivity index (χ0) is 19.2. The van der Waals surface area contributed by atoms with Crippen molar-refractivity contribution >= 4 is 17.6 Å². The fraction of sp³-hybridized carbons (Fsp3) is 0.300. The second-order valence-electron chi connectivity index (χ2n) is 6.40. The van der Waals surface area contributed by atoms with E-state index < -0.39 is 0 Å². The molecule has 0 bridgehead atoms. The Morgan fingerprint density at radius 3 is 2.52 bits per heavy atom. The van der Waals surface area contributed by atoms with Crippen molar-refractivity contribution in [2.24, 2.45) is 10.7 Å². The number of anilines is 1. The molecule has 3 rings (SSSR count). The number of nitrogens with two attached hydrogens (primary N) is 1. The average Bonchev–Trinajstić information content (AvgIpc) is 2.72. The van der Waals surface area contributed by atoms with Crippen molar-refractivity contribution < 1.29 is 9.18 Å². The summed E-state index contributed by atoms with van der Waals surface area (Å²) >= 11 is 0. The van der Waals surface area contributed by atoms with Crippen molar-refractivity contribution in [1.82, 2.24) is 10.2 Å². The Morgan fingerprint density at radius 1 is 1.15 bits per heavy atom. The minimum absolute atomic E-state index is 0.120. The molecule has 1 heterocycles. The summed E-state index contributed by atoms with van der Waals surface area (Å²) in [5.41, 5.74) is 8.71. The number of piperazine rings is 1. The summed E-state index contributed by atoms with van der Waals surface area (Å²) in [5, 5.41) is 2.61. The number of rotatable bonds is 4. The maximum Gasteiger partial charge on any atom is 0.251 e. The van der Waals surface area contributed by atoms with Gasteiger partial charge in [-0.1, -0.05) is 12.1 Å². The van der Waals surface area contributed by atoms with Gasteiger partial charge in [0.05, 0.1) is 6.54 Å². The van der Waals surface area contributed by atoms with E-state index in [-0.39, 0.29) is 11.7 Å². The highest BCUT2D eigenvalue weighted by Gasteiger charge is 2.18. The average molecular weight is 369 g/mol. The number of nitrogens with one attached hydrogen (secondary N) is 1. The van der Waals surface area contributed by atoms with E-state index in [1.165, 1.54) is 12.1 Å². The van der Waals surface area contributed by atoms with Gasteiger partial charge in [0, 0.05) is 44.5 Å². The number of hydrogen-bond donors (Lipinski definition) is 2. The Balaban J connectivity index is 1.56. The van der Waals surface area contributed by atoms with Crippen LogP contribution in [-0.4, -0.2) is 50.0 Å². The lowest BCUT2D eigenvalue weighted by Crippen LogP contribution is -2.51. The Hall–Kier alpha value is -3.09. The van der Waals surface area contributed by atoms with Gasteiger partial charge in [0.25, 0.3) is 5.91 Å². The minimum Gasteiger partial charge on any atom is -0.370 e. The minimum atomic E-state index is -0.228. The topological polar surface area (TPSA) is 74.0 Å². The van der Waals surface area contributed by atoms with Gasteiger partial charge in [-0.2, -0.15) is 0 Å². The third kappa shape index (κ3) is 4.75. The molecule has 1 aliphatic heterocycles. The van der Waals surface area contributed by atoms with Crippen molar-refractivity contribution in [2.75, 3.05) is 38.1 Å². The van der Waals surface area contributed by atoms with E-state index in [9.17, 15) is 9.18 Å². The van der Waals surface area contributed by atoms with Gasteiger partial charge in [-0.05, 0) is 42.0 Å². The fourth-order valence-corrected chi connectivity index (χ4v) is 3.07. The van der Waals surface area contributed by atoms with E-state index in [4.69, 9.17) is 5.73 Å². The molecule has 2 aromatic rings. The summed E-state index contributed by atoms with van der Waals surface area (Å²) < 4.78 is 13.1. The van der Waals surface area contributed by atoms with Gasteiger partial charge in [-0.3, -0.25) is 4.79 Å². The molecule has 3 N–H and O–H groups in total. The first-order chi connectivity index (χ1) is 13.1. The smallest absolute Gasteiger partial charge is 0.251 e. The number of guanidine groups is 1. The Morgan fingerprint density at radius 2 is 1.85 bits per heavy atom. The summed E-state index contributed by atoms with van der Waals surface area (Å²) in [6.07, 6.45) is 0. The molecule has 1 aliphatic rings. The van der Waals surface area contributed by atoms with Gasteiger partial charge < -0.3 is 20.9 Å². The molecule has 1 fully saturated rings. The number of halogens is 1. The third-order valence-electron chi connectivity index (χ3n) is 4.64. The maximum absolute atomic E-state index is 13.1. The van der Waals surface area contributed by atoms with Gasteiger partial charge in [-0.25, -0.2) is 9.38 Å². The first-order valence-electron chi connectivity index (χ1n) is 8.93. The summed E-state index contributed by atoms with van der Waals surface area (Å²) in [6, 6.07) is 13.9. The highest BCUT2D eigenvalue weighted by atomic mass is 19.1. The molecule has 7 heteroatoms. The van der Waals surface area contributed by atoms with Crippen LogP contribution in [0.1, 0.15) is 15.9 Å². The van der Waals surface area contributed by atoms with Gasteiger partial charge in [0.1, 0.15) is 5.82 Å². The highest BCUT2D eigenvalue weighted by molar-refractivity contribution is 5.94. The molecule has 0 unspecified atom stereocenters. The van der Waals surface area contributed by atoms with Gasteiger partial charge in [0.2, 0.25) is 0 Å². The number of benzene rings is 2. The normalized spacial score (nSPS) is 15.0. The molecule has 2 aromatic carbocycles. The van der Waals surface area contributed by atoms with E-state index in [1.807, 2.05) is 23.1 Å². The number of hydrogen-bond acceptors (Lipinski definition) is 3. The number of carbonyl (C=O) groups is 1. The molecule has 1 saturated heterocycles.